The monoisotopic (exact) mass is 256 g/mol. The molecule has 2 fully saturated rings. The first kappa shape index (κ1) is 13.8. The van der Waals surface area contributed by atoms with E-state index in [1.807, 2.05) is 0 Å². The van der Waals surface area contributed by atoms with Gasteiger partial charge in [0.2, 0.25) is 5.91 Å². The molecule has 2 rings (SSSR count). The first-order valence-corrected chi connectivity index (χ1v) is 6.99. The van der Waals surface area contributed by atoms with Crippen LogP contribution in [0.5, 0.6) is 0 Å². The molecule has 104 valence electrons. The van der Waals surface area contributed by atoms with E-state index in [1.165, 1.54) is 0 Å². The summed E-state index contributed by atoms with van der Waals surface area (Å²) < 4.78 is 5.66. The maximum atomic E-state index is 11.6. The fraction of sp³-hybridized carbons (Fsp3) is 0.923. The molecule has 0 unspecified atom stereocenters. The highest BCUT2D eigenvalue weighted by Crippen LogP contribution is 2.30. The van der Waals surface area contributed by atoms with Crippen LogP contribution in [-0.4, -0.2) is 49.0 Å². The summed E-state index contributed by atoms with van der Waals surface area (Å²) in [6, 6.07) is 0. The molecule has 0 aromatic rings. The third-order valence-corrected chi connectivity index (χ3v) is 3.87. The summed E-state index contributed by atoms with van der Waals surface area (Å²) >= 11 is 0. The molecular weight excluding hydrogens is 232 g/mol. The molecular formula is C13H24N2O3. The van der Waals surface area contributed by atoms with Gasteiger partial charge in [-0.25, -0.2) is 0 Å². The molecule has 1 heterocycles. The molecule has 0 atom stereocenters. The Morgan fingerprint density at radius 3 is 2.72 bits per heavy atom. The van der Waals surface area contributed by atoms with E-state index in [2.05, 4.69) is 10.6 Å². The van der Waals surface area contributed by atoms with Crippen molar-refractivity contribution in [3.05, 3.63) is 0 Å². The van der Waals surface area contributed by atoms with E-state index in [0.717, 1.165) is 45.2 Å². The van der Waals surface area contributed by atoms with Crippen LogP contribution in [0.4, 0.5) is 0 Å². The number of hydrogen-bond acceptors (Lipinski definition) is 4. The van der Waals surface area contributed by atoms with Crippen molar-refractivity contribution in [3.8, 4) is 0 Å². The Morgan fingerprint density at radius 2 is 2.11 bits per heavy atom. The summed E-state index contributed by atoms with van der Waals surface area (Å²) in [5.74, 6) is -0.0238. The smallest absolute Gasteiger partial charge is 0.222 e. The van der Waals surface area contributed by atoms with Gasteiger partial charge in [0.25, 0.3) is 0 Å². The number of nitrogens with one attached hydrogen (secondary N) is 2. The minimum Gasteiger partial charge on any atom is -0.388 e. The van der Waals surface area contributed by atoms with Gasteiger partial charge in [0.1, 0.15) is 0 Å². The standard InChI is InChI=1S/C13H24N2O3/c16-12(15-10-13(17)5-1-6-13)4-9-18-11-2-7-14-8-3-11/h11,14,17H,1-10H2,(H,15,16). The third-order valence-electron chi connectivity index (χ3n) is 3.87. The summed E-state index contributed by atoms with van der Waals surface area (Å²) in [6.07, 6.45) is 5.42. The predicted octanol–water partition coefficient (Wildman–Crippen LogP) is 0.176. The lowest BCUT2D eigenvalue weighted by Gasteiger charge is -2.36. The summed E-state index contributed by atoms with van der Waals surface area (Å²) in [6.45, 7) is 2.88. The molecule has 1 amide bonds. The van der Waals surface area contributed by atoms with Gasteiger partial charge in [-0.2, -0.15) is 0 Å². The second-order valence-electron chi connectivity index (χ2n) is 5.42. The topological polar surface area (TPSA) is 70.6 Å². The van der Waals surface area contributed by atoms with Crippen molar-refractivity contribution in [2.75, 3.05) is 26.2 Å². The van der Waals surface area contributed by atoms with Crippen molar-refractivity contribution in [2.45, 2.75) is 50.2 Å². The quantitative estimate of drug-likeness (QED) is 0.634. The number of carbonyl (C=O) groups excluding carboxylic acids is 1. The molecule has 0 aromatic heterocycles. The number of rotatable bonds is 6. The number of carbonyl (C=O) groups is 1. The van der Waals surface area contributed by atoms with Gasteiger partial charge in [0, 0.05) is 13.0 Å². The predicted molar refractivity (Wildman–Crippen MR) is 68.3 cm³/mol. The highest BCUT2D eigenvalue weighted by atomic mass is 16.5. The van der Waals surface area contributed by atoms with Crippen molar-refractivity contribution in [3.63, 3.8) is 0 Å². The van der Waals surface area contributed by atoms with Crippen LogP contribution in [0.1, 0.15) is 38.5 Å². The lowest BCUT2D eigenvalue weighted by atomic mass is 9.80. The average molecular weight is 256 g/mol. The molecule has 5 nitrogen and oxygen atoms in total. The second kappa shape index (κ2) is 6.50. The average Bonchev–Trinajstić information content (AvgIpc) is 2.35. The van der Waals surface area contributed by atoms with Crippen molar-refractivity contribution in [1.82, 2.24) is 10.6 Å². The van der Waals surface area contributed by atoms with E-state index < -0.39 is 5.60 Å². The van der Waals surface area contributed by atoms with Crippen LogP contribution in [0.15, 0.2) is 0 Å². The summed E-state index contributed by atoms with van der Waals surface area (Å²) in [4.78, 5) is 11.6. The molecule has 18 heavy (non-hydrogen) atoms. The highest BCUT2D eigenvalue weighted by molar-refractivity contribution is 5.76. The van der Waals surface area contributed by atoms with Crippen LogP contribution in [0.3, 0.4) is 0 Å². The van der Waals surface area contributed by atoms with Crippen molar-refractivity contribution in [2.24, 2.45) is 0 Å². The molecule has 0 radical (unpaired) electrons. The van der Waals surface area contributed by atoms with Crippen LogP contribution in [0, 0.1) is 0 Å². The fourth-order valence-electron chi connectivity index (χ4n) is 2.39. The first-order valence-electron chi connectivity index (χ1n) is 6.99. The maximum absolute atomic E-state index is 11.6. The van der Waals surface area contributed by atoms with Crippen molar-refractivity contribution >= 4 is 5.91 Å². The van der Waals surface area contributed by atoms with Gasteiger partial charge >= 0.3 is 0 Å². The molecule has 0 bridgehead atoms. The van der Waals surface area contributed by atoms with Crippen molar-refractivity contribution < 1.29 is 14.6 Å². The molecule has 5 heteroatoms. The first-order chi connectivity index (χ1) is 8.68. The van der Waals surface area contributed by atoms with Gasteiger partial charge < -0.3 is 20.5 Å². The third kappa shape index (κ3) is 4.23. The Balaban J connectivity index is 1.51. The molecule has 0 aromatic carbocycles. The van der Waals surface area contributed by atoms with Crippen LogP contribution in [-0.2, 0) is 9.53 Å². The molecule has 1 saturated heterocycles. The Morgan fingerprint density at radius 1 is 1.39 bits per heavy atom. The van der Waals surface area contributed by atoms with Gasteiger partial charge in [-0.1, -0.05) is 0 Å². The molecule has 1 aliphatic carbocycles. The van der Waals surface area contributed by atoms with Gasteiger partial charge in [-0.3, -0.25) is 4.79 Å². The van der Waals surface area contributed by atoms with Crippen LogP contribution in [0.2, 0.25) is 0 Å². The van der Waals surface area contributed by atoms with Crippen LogP contribution >= 0.6 is 0 Å². The summed E-state index contributed by atoms with van der Waals surface area (Å²) in [5.41, 5.74) is -0.633. The van der Waals surface area contributed by atoms with Gasteiger partial charge in [-0.05, 0) is 45.2 Å². The summed E-state index contributed by atoms with van der Waals surface area (Å²) in [7, 11) is 0. The normalized spacial score (nSPS) is 23.4. The molecule has 1 aliphatic heterocycles. The zero-order chi connectivity index (χ0) is 12.8. The fourth-order valence-corrected chi connectivity index (χ4v) is 2.39. The van der Waals surface area contributed by atoms with Crippen LogP contribution in [0.25, 0.3) is 0 Å². The molecule has 0 spiro atoms. The van der Waals surface area contributed by atoms with E-state index in [4.69, 9.17) is 4.74 Å². The lowest BCUT2D eigenvalue weighted by molar-refractivity contribution is -0.125. The SMILES string of the molecule is O=C(CCOC1CCNCC1)NCC1(O)CCC1. The van der Waals surface area contributed by atoms with Crippen LogP contribution < -0.4 is 10.6 Å². The van der Waals surface area contributed by atoms with E-state index >= 15 is 0 Å². The Hall–Kier alpha value is -0.650. The van der Waals surface area contributed by atoms with Gasteiger partial charge in [0.05, 0.1) is 18.3 Å². The van der Waals surface area contributed by atoms with E-state index in [1.54, 1.807) is 0 Å². The minimum atomic E-state index is -0.633. The number of piperidine rings is 1. The van der Waals surface area contributed by atoms with E-state index in [0.29, 0.717) is 25.7 Å². The second-order valence-corrected chi connectivity index (χ2v) is 5.42. The number of ether oxygens (including phenoxy) is 1. The van der Waals surface area contributed by atoms with E-state index in [-0.39, 0.29) is 5.91 Å². The van der Waals surface area contributed by atoms with Crippen molar-refractivity contribution in [1.29, 1.82) is 0 Å². The van der Waals surface area contributed by atoms with E-state index in [9.17, 15) is 9.90 Å². The minimum absolute atomic E-state index is 0.0238. The molecule has 1 saturated carbocycles. The Labute approximate surface area is 108 Å². The highest BCUT2D eigenvalue weighted by Gasteiger charge is 2.34. The zero-order valence-electron chi connectivity index (χ0n) is 10.9. The zero-order valence-corrected chi connectivity index (χ0v) is 10.9. The lowest BCUT2D eigenvalue weighted by Crippen LogP contribution is -2.47. The number of hydrogen-bond donors (Lipinski definition) is 3. The number of amides is 1. The maximum Gasteiger partial charge on any atom is 0.222 e. The molecule has 2 aliphatic rings. The van der Waals surface area contributed by atoms with Gasteiger partial charge in [-0.15, -0.1) is 0 Å². The van der Waals surface area contributed by atoms with Gasteiger partial charge in [0.15, 0.2) is 0 Å². The Bertz CT molecular complexity index is 273. The molecule has 3 N–H and O–H groups in total. The number of aliphatic hydroxyl groups is 1. The summed E-state index contributed by atoms with van der Waals surface area (Å²) in [5, 5.41) is 15.9. The largest absolute Gasteiger partial charge is 0.388 e. The Kier molecular flexibility index (Phi) is 4.97.